The molecular formula is C9H16N4O. The predicted molar refractivity (Wildman–Crippen MR) is 55.6 cm³/mol. The molecule has 5 heteroatoms. The lowest BCUT2D eigenvalue weighted by Crippen LogP contribution is -2.15. The molecule has 0 unspecified atom stereocenters. The highest BCUT2D eigenvalue weighted by Gasteiger charge is 2.09. The van der Waals surface area contributed by atoms with Gasteiger partial charge in [-0.2, -0.15) is 0 Å². The quantitative estimate of drug-likeness (QED) is 0.732. The van der Waals surface area contributed by atoms with Crippen LogP contribution < -0.4 is 15.8 Å². The van der Waals surface area contributed by atoms with E-state index in [1.807, 2.05) is 13.8 Å². The van der Waals surface area contributed by atoms with Gasteiger partial charge in [0.05, 0.1) is 12.8 Å². The van der Waals surface area contributed by atoms with Crippen LogP contribution in [0.1, 0.15) is 11.5 Å². The lowest BCUT2D eigenvalue weighted by molar-refractivity contribution is 0.408. The molecule has 0 aromatic carbocycles. The highest BCUT2D eigenvalue weighted by atomic mass is 16.5. The van der Waals surface area contributed by atoms with Crippen molar-refractivity contribution in [2.24, 2.45) is 5.73 Å². The third kappa shape index (κ3) is 2.32. The van der Waals surface area contributed by atoms with Crippen LogP contribution in [0.3, 0.4) is 0 Å². The summed E-state index contributed by atoms with van der Waals surface area (Å²) >= 11 is 0. The van der Waals surface area contributed by atoms with Crippen molar-refractivity contribution in [3.05, 3.63) is 11.5 Å². The first-order valence-electron chi connectivity index (χ1n) is 4.52. The van der Waals surface area contributed by atoms with E-state index in [-0.39, 0.29) is 0 Å². The summed E-state index contributed by atoms with van der Waals surface area (Å²) in [5.41, 5.74) is 6.23. The number of nitrogens with two attached hydrogens (primary N) is 1. The summed E-state index contributed by atoms with van der Waals surface area (Å²) < 4.78 is 5.20. The summed E-state index contributed by atoms with van der Waals surface area (Å²) in [5.74, 6) is 2.12. The Morgan fingerprint density at radius 3 is 2.64 bits per heavy atom. The Morgan fingerprint density at radius 2 is 2.07 bits per heavy atom. The van der Waals surface area contributed by atoms with E-state index in [4.69, 9.17) is 10.5 Å². The van der Waals surface area contributed by atoms with Crippen molar-refractivity contribution in [2.45, 2.75) is 13.8 Å². The average molecular weight is 196 g/mol. The molecule has 3 N–H and O–H groups in total. The smallest absolute Gasteiger partial charge is 0.182 e. The molecule has 1 aromatic rings. The monoisotopic (exact) mass is 196 g/mol. The molecule has 0 aliphatic heterocycles. The van der Waals surface area contributed by atoms with Crippen molar-refractivity contribution in [1.82, 2.24) is 9.97 Å². The second kappa shape index (κ2) is 4.76. The van der Waals surface area contributed by atoms with Crippen LogP contribution in [0.2, 0.25) is 0 Å². The highest BCUT2D eigenvalue weighted by Crippen LogP contribution is 2.24. The van der Waals surface area contributed by atoms with Gasteiger partial charge in [-0.15, -0.1) is 0 Å². The molecular weight excluding hydrogens is 180 g/mol. The van der Waals surface area contributed by atoms with E-state index < -0.39 is 0 Å². The SMILES string of the molecule is COc1c(C)nc(C)nc1NCCN. The van der Waals surface area contributed by atoms with Crippen LogP contribution in [0.15, 0.2) is 0 Å². The number of ether oxygens (including phenoxy) is 1. The van der Waals surface area contributed by atoms with Crippen LogP contribution in [0.5, 0.6) is 5.75 Å². The van der Waals surface area contributed by atoms with Gasteiger partial charge in [0.25, 0.3) is 0 Å². The number of nitrogens with one attached hydrogen (secondary N) is 1. The molecule has 0 aliphatic carbocycles. The Bertz CT molecular complexity index is 314. The van der Waals surface area contributed by atoms with E-state index >= 15 is 0 Å². The zero-order chi connectivity index (χ0) is 10.6. The van der Waals surface area contributed by atoms with Crippen LogP contribution in [-0.2, 0) is 0 Å². The molecule has 5 nitrogen and oxygen atoms in total. The maximum atomic E-state index is 5.40. The van der Waals surface area contributed by atoms with Gasteiger partial charge in [-0.3, -0.25) is 0 Å². The van der Waals surface area contributed by atoms with Crippen molar-refractivity contribution < 1.29 is 4.74 Å². The van der Waals surface area contributed by atoms with E-state index in [0.717, 1.165) is 11.5 Å². The summed E-state index contributed by atoms with van der Waals surface area (Å²) in [4.78, 5) is 8.45. The van der Waals surface area contributed by atoms with Crippen LogP contribution in [0, 0.1) is 13.8 Å². The van der Waals surface area contributed by atoms with Gasteiger partial charge in [-0.1, -0.05) is 0 Å². The van der Waals surface area contributed by atoms with Crippen LogP contribution >= 0.6 is 0 Å². The topological polar surface area (TPSA) is 73.1 Å². The molecule has 0 amide bonds. The van der Waals surface area contributed by atoms with Crippen molar-refractivity contribution >= 4 is 5.82 Å². The molecule has 0 aliphatic rings. The fraction of sp³-hybridized carbons (Fsp3) is 0.556. The maximum Gasteiger partial charge on any atom is 0.182 e. The molecule has 1 heterocycles. The fourth-order valence-corrected chi connectivity index (χ4v) is 1.26. The minimum absolute atomic E-state index is 0.561. The number of hydrogen-bond donors (Lipinski definition) is 2. The van der Waals surface area contributed by atoms with Crippen molar-refractivity contribution in [3.63, 3.8) is 0 Å². The number of aryl methyl sites for hydroxylation is 2. The van der Waals surface area contributed by atoms with Gasteiger partial charge in [-0.25, -0.2) is 9.97 Å². The van der Waals surface area contributed by atoms with Gasteiger partial charge in [-0.05, 0) is 13.8 Å². The largest absolute Gasteiger partial charge is 0.491 e. The zero-order valence-electron chi connectivity index (χ0n) is 8.79. The number of nitrogens with zero attached hydrogens (tertiary/aromatic N) is 2. The van der Waals surface area contributed by atoms with E-state index in [2.05, 4.69) is 15.3 Å². The molecule has 0 saturated heterocycles. The van der Waals surface area contributed by atoms with Crippen LogP contribution in [0.25, 0.3) is 0 Å². The second-order valence-electron chi connectivity index (χ2n) is 2.95. The molecule has 78 valence electrons. The third-order valence-electron chi connectivity index (χ3n) is 1.79. The zero-order valence-corrected chi connectivity index (χ0v) is 8.79. The molecule has 0 fully saturated rings. The van der Waals surface area contributed by atoms with Crippen molar-refractivity contribution in [3.8, 4) is 5.75 Å². The number of anilines is 1. The summed E-state index contributed by atoms with van der Waals surface area (Å²) in [5, 5.41) is 3.09. The molecule has 0 atom stereocenters. The number of methoxy groups -OCH3 is 1. The van der Waals surface area contributed by atoms with E-state index in [0.29, 0.717) is 24.7 Å². The Morgan fingerprint density at radius 1 is 1.36 bits per heavy atom. The fourth-order valence-electron chi connectivity index (χ4n) is 1.26. The minimum atomic E-state index is 0.561. The molecule has 0 radical (unpaired) electrons. The lowest BCUT2D eigenvalue weighted by Gasteiger charge is -2.11. The van der Waals surface area contributed by atoms with E-state index in [9.17, 15) is 0 Å². The van der Waals surface area contributed by atoms with Crippen molar-refractivity contribution in [1.29, 1.82) is 0 Å². The maximum absolute atomic E-state index is 5.40. The molecule has 0 saturated carbocycles. The summed E-state index contributed by atoms with van der Waals surface area (Å²) in [6, 6.07) is 0. The van der Waals surface area contributed by atoms with Gasteiger partial charge < -0.3 is 15.8 Å². The predicted octanol–water partition coefficient (Wildman–Crippen LogP) is 0.473. The summed E-state index contributed by atoms with van der Waals surface area (Å²) in [7, 11) is 1.61. The standard InChI is InChI=1S/C9H16N4O/c1-6-8(14-3)9(11-5-4-10)13-7(2)12-6/h4-5,10H2,1-3H3,(H,11,12,13). The first-order chi connectivity index (χ1) is 6.69. The van der Waals surface area contributed by atoms with Crippen LogP contribution in [-0.4, -0.2) is 30.2 Å². The lowest BCUT2D eigenvalue weighted by atomic mass is 10.3. The average Bonchev–Trinajstić information content (AvgIpc) is 2.14. The Hall–Kier alpha value is -1.36. The Labute approximate surface area is 83.7 Å². The first kappa shape index (κ1) is 10.7. The molecule has 14 heavy (non-hydrogen) atoms. The van der Waals surface area contributed by atoms with Gasteiger partial charge in [0.15, 0.2) is 11.6 Å². The van der Waals surface area contributed by atoms with Gasteiger partial charge >= 0.3 is 0 Å². The first-order valence-corrected chi connectivity index (χ1v) is 4.52. The summed E-state index contributed by atoms with van der Waals surface area (Å²) in [6.45, 7) is 4.97. The van der Waals surface area contributed by atoms with Gasteiger partial charge in [0.2, 0.25) is 0 Å². The highest BCUT2D eigenvalue weighted by molar-refractivity contribution is 5.52. The number of aromatic nitrogens is 2. The molecule has 1 aromatic heterocycles. The summed E-state index contributed by atoms with van der Waals surface area (Å²) in [6.07, 6.45) is 0. The van der Waals surface area contributed by atoms with Crippen LogP contribution in [0.4, 0.5) is 5.82 Å². The number of hydrogen-bond acceptors (Lipinski definition) is 5. The van der Waals surface area contributed by atoms with Crippen molar-refractivity contribution in [2.75, 3.05) is 25.5 Å². The van der Waals surface area contributed by atoms with Gasteiger partial charge in [0, 0.05) is 13.1 Å². The van der Waals surface area contributed by atoms with E-state index in [1.54, 1.807) is 7.11 Å². The van der Waals surface area contributed by atoms with E-state index in [1.165, 1.54) is 0 Å². The Balaban J connectivity index is 2.99. The second-order valence-corrected chi connectivity index (χ2v) is 2.95. The molecule has 1 rings (SSSR count). The van der Waals surface area contributed by atoms with Gasteiger partial charge in [0.1, 0.15) is 5.82 Å². The normalized spacial score (nSPS) is 10.0. The number of rotatable bonds is 4. The third-order valence-corrected chi connectivity index (χ3v) is 1.79. The molecule has 0 bridgehead atoms. The minimum Gasteiger partial charge on any atom is -0.491 e. The Kier molecular flexibility index (Phi) is 3.64. The molecule has 0 spiro atoms.